The number of aromatic nitrogens is 1. The van der Waals surface area contributed by atoms with E-state index in [1.807, 2.05) is 42.5 Å². The number of para-hydroxylation sites is 2. The summed E-state index contributed by atoms with van der Waals surface area (Å²) >= 11 is 0. The van der Waals surface area contributed by atoms with Crippen LogP contribution in [0.4, 0.5) is 17.1 Å². The minimum atomic E-state index is 0.224. The van der Waals surface area contributed by atoms with Crippen molar-refractivity contribution >= 4 is 38.9 Å². The van der Waals surface area contributed by atoms with E-state index in [0.29, 0.717) is 17.2 Å². The van der Waals surface area contributed by atoms with Crippen LogP contribution >= 0.6 is 0 Å². The minimum absolute atomic E-state index is 0.224. The van der Waals surface area contributed by atoms with Crippen molar-refractivity contribution in [3.8, 4) is 22.9 Å². The second-order valence-electron chi connectivity index (χ2n) is 10.8. The maximum absolute atomic E-state index is 10.1. The molecule has 0 fully saturated rings. The Bertz CT molecular complexity index is 2200. The molecule has 42 heavy (non-hydrogen) atoms. The number of benzene rings is 5. The first-order valence-electron chi connectivity index (χ1n) is 14.0. The van der Waals surface area contributed by atoms with E-state index in [2.05, 4.69) is 111 Å². The number of nitriles is 1. The summed E-state index contributed by atoms with van der Waals surface area (Å²) in [5.74, 6) is 0.321. The van der Waals surface area contributed by atoms with Crippen molar-refractivity contribution < 1.29 is 0 Å². The van der Waals surface area contributed by atoms with Gasteiger partial charge in [0.1, 0.15) is 0 Å². The largest absolute Gasteiger partial charge is 0.333 e. The van der Waals surface area contributed by atoms with Gasteiger partial charge in [-0.1, -0.05) is 78.9 Å². The molecule has 2 atom stereocenters. The van der Waals surface area contributed by atoms with Gasteiger partial charge in [-0.25, -0.2) is 4.85 Å². The van der Waals surface area contributed by atoms with Crippen molar-refractivity contribution in [3.05, 3.63) is 156 Å². The van der Waals surface area contributed by atoms with E-state index in [9.17, 15) is 5.26 Å². The lowest BCUT2D eigenvalue weighted by Crippen LogP contribution is -2.28. The zero-order valence-corrected chi connectivity index (χ0v) is 22.6. The molecule has 1 aromatic heterocycles. The first-order chi connectivity index (χ1) is 20.7. The Morgan fingerprint density at radius 3 is 2.40 bits per heavy atom. The Morgan fingerprint density at radius 1 is 0.690 bits per heavy atom. The Balaban J connectivity index is 1.29. The van der Waals surface area contributed by atoms with E-state index in [0.717, 1.165) is 44.3 Å². The fraction of sp³-hybridized carbons (Fsp3) is 0.0526. The number of hydrogen-bond acceptors (Lipinski definition) is 2. The molecule has 0 saturated carbocycles. The van der Waals surface area contributed by atoms with E-state index < -0.39 is 0 Å². The van der Waals surface area contributed by atoms with E-state index >= 15 is 0 Å². The summed E-state index contributed by atoms with van der Waals surface area (Å²) in [5, 5.41) is 12.2. The molecule has 1 aliphatic heterocycles. The van der Waals surface area contributed by atoms with Crippen molar-refractivity contribution in [1.29, 1.82) is 5.26 Å². The maximum atomic E-state index is 10.1. The van der Waals surface area contributed by atoms with Crippen LogP contribution in [0.5, 0.6) is 0 Å². The number of nitrogens with zero attached hydrogens (tertiary/aromatic N) is 4. The van der Waals surface area contributed by atoms with Gasteiger partial charge in [0.25, 0.3) is 0 Å². The zero-order chi connectivity index (χ0) is 28.2. The molecule has 196 valence electrons. The number of fused-ring (bicyclic) bond motifs is 6. The quantitative estimate of drug-likeness (QED) is 0.211. The number of rotatable bonds is 3. The standard InChI is InChI=1S/C38H24N4/c1-40-28-17-18-38-34(23-28)33-13-4-7-16-37(33)42(38)30-20-25(24-39)19-27(22-30)26-9-8-10-29(21-26)41-35-14-5-2-11-31(35)32-12-3-6-15-36(32)41/h2-23,31,35H. The number of allylic oxidation sites excluding steroid dienone is 2. The molecule has 8 rings (SSSR count). The fourth-order valence-corrected chi connectivity index (χ4v) is 6.71. The highest BCUT2D eigenvalue weighted by Gasteiger charge is 2.37. The van der Waals surface area contributed by atoms with Crippen LogP contribution in [0.1, 0.15) is 17.0 Å². The maximum Gasteiger partial charge on any atom is 0.188 e. The molecule has 1 aliphatic carbocycles. The van der Waals surface area contributed by atoms with E-state index in [4.69, 9.17) is 6.57 Å². The molecule has 4 heteroatoms. The Kier molecular flexibility index (Phi) is 5.36. The normalized spacial score (nSPS) is 16.8. The smallest absolute Gasteiger partial charge is 0.188 e. The minimum Gasteiger partial charge on any atom is -0.333 e. The van der Waals surface area contributed by atoms with Crippen molar-refractivity contribution in [2.75, 3.05) is 4.90 Å². The van der Waals surface area contributed by atoms with Crippen LogP contribution in [0, 0.1) is 17.9 Å². The summed E-state index contributed by atoms with van der Waals surface area (Å²) in [7, 11) is 0. The number of hydrogen-bond donors (Lipinski definition) is 0. The monoisotopic (exact) mass is 536 g/mol. The van der Waals surface area contributed by atoms with Crippen LogP contribution in [-0.2, 0) is 0 Å². The molecule has 0 radical (unpaired) electrons. The van der Waals surface area contributed by atoms with E-state index in [1.54, 1.807) is 0 Å². The molecule has 0 N–H and O–H groups in total. The lowest BCUT2D eigenvalue weighted by atomic mass is 9.91. The van der Waals surface area contributed by atoms with Crippen LogP contribution in [-0.4, -0.2) is 10.6 Å². The van der Waals surface area contributed by atoms with Crippen LogP contribution in [0.3, 0.4) is 0 Å². The molecule has 0 saturated heterocycles. The van der Waals surface area contributed by atoms with Gasteiger partial charge in [0.05, 0.1) is 35.3 Å². The molecule has 0 bridgehead atoms. The highest BCUT2D eigenvalue weighted by molar-refractivity contribution is 6.10. The average molecular weight is 537 g/mol. The highest BCUT2D eigenvalue weighted by Crippen LogP contribution is 2.48. The van der Waals surface area contributed by atoms with Crippen LogP contribution in [0.25, 0.3) is 43.5 Å². The van der Waals surface area contributed by atoms with Gasteiger partial charge >= 0.3 is 0 Å². The van der Waals surface area contributed by atoms with Crippen LogP contribution in [0.2, 0.25) is 0 Å². The summed E-state index contributed by atoms with van der Waals surface area (Å²) < 4.78 is 2.20. The van der Waals surface area contributed by atoms with Gasteiger partial charge in [0.15, 0.2) is 5.69 Å². The molecule has 0 spiro atoms. The van der Waals surface area contributed by atoms with Gasteiger partial charge in [-0.05, 0) is 76.7 Å². The van der Waals surface area contributed by atoms with Gasteiger partial charge < -0.3 is 9.47 Å². The lowest BCUT2D eigenvalue weighted by Gasteiger charge is -2.29. The molecule has 0 amide bonds. The Labute approximate surface area is 244 Å². The van der Waals surface area contributed by atoms with Gasteiger partial charge in [0.2, 0.25) is 0 Å². The first-order valence-corrected chi connectivity index (χ1v) is 14.0. The topological polar surface area (TPSA) is 36.3 Å². The molecule has 4 nitrogen and oxygen atoms in total. The third kappa shape index (κ3) is 3.60. The molecule has 2 aliphatic rings. The third-order valence-electron chi connectivity index (χ3n) is 8.51. The zero-order valence-electron chi connectivity index (χ0n) is 22.6. The molecule has 6 aromatic rings. The van der Waals surface area contributed by atoms with E-state index in [-0.39, 0.29) is 6.04 Å². The van der Waals surface area contributed by atoms with Gasteiger partial charge in [-0.15, -0.1) is 0 Å². The second kappa shape index (κ2) is 9.37. The van der Waals surface area contributed by atoms with Crippen molar-refractivity contribution in [2.45, 2.75) is 12.0 Å². The molecular weight excluding hydrogens is 512 g/mol. The molecule has 2 unspecified atom stereocenters. The Morgan fingerprint density at radius 2 is 1.50 bits per heavy atom. The predicted molar refractivity (Wildman–Crippen MR) is 171 cm³/mol. The van der Waals surface area contributed by atoms with E-state index in [1.165, 1.54) is 11.3 Å². The van der Waals surface area contributed by atoms with Crippen molar-refractivity contribution in [1.82, 2.24) is 4.57 Å². The number of anilines is 2. The summed E-state index contributed by atoms with van der Waals surface area (Å²) in [6.45, 7) is 7.52. The highest BCUT2D eigenvalue weighted by atomic mass is 15.2. The summed E-state index contributed by atoms with van der Waals surface area (Å²) in [4.78, 5) is 6.09. The molecule has 5 aromatic carbocycles. The van der Waals surface area contributed by atoms with Crippen LogP contribution < -0.4 is 4.90 Å². The summed E-state index contributed by atoms with van der Waals surface area (Å²) in [6, 6.07) is 40.1. The lowest BCUT2D eigenvalue weighted by molar-refractivity contribution is 0.745. The summed E-state index contributed by atoms with van der Waals surface area (Å²) in [6.07, 6.45) is 8.86. The third-order valence-corrected chi connectivity index (χ3v) is 8.51. The molecule has 2 heterocycles. The second-order valence-corrected chi connectivity index (χ2v) is 10.8. The fourth-order valence-electron chi connectivity index (χ4n) is 6.71. The first kappa shape index (κ1) is 24.0. The van der Waals surface area contributed by atoms with Crippen molar-refractivity contribution in [2.24, 2.45) is 0 Å². The van der Waals surface area contributed by atoms with Gasteiger partial charge in [-0.2, -0.15) is 5.26 Å². The van der Waals surface area contributed by atoms with Gasteiger partial charge in [-0.3, -0.25) is 0 Å². The van der Waals surface area contributed by atoms with Gasteiger partial charge in [0, 0.05) is 28.4 Å². The SMILES string of the molecule is [C-]#[N+]c1ccc2c(c1)c1ccccc1n2-c1cc(C#N)cc(-c2cccc(N3c4ccccc4C4C=CC=CC43)c2)c1. The van der Waals surface area contributed by atoms with Crippen LogP contribution in [0.15, 0.2) is 133 Å². The molecular formula is C38H24N4. The Hall–Kier alpha value is -5.84. The van der Waals surface area contributed by atoms with Crippen molar-refractivity contribution in [3.63, 3.8) is 0 Å². The summed E-state index contributed by atoms with van der Waals surface area (Å²) in [5.41, 5.74) is 9.92. The predicted octanol–water partition coefficient (Wildman–Crippen LogP) is 9.60. The average Bonchev–Trinajstić information content (AvgIpc) is 3.57.